The van der Waals surface area contributed by atoms with Crippen molar-refractivity contribution in [2.75, 3.05) is 6.61 Å². The number of hydrogen-bond acceptors (Lipinski definition) is 5. The first kappa shape index (κ1) is 55.1. The van der Waals surface area contributed by atoms with Gasteiger partial charge in [-0.25, -0.2) is 0 Å². The van der Waals surface area contributed by atoms with E-state index in [9.17, 15) is 19.8 Å². The second-order valence-electron chi connectivity index (χ2n) is 16.8. The summed E-state index contributed by atoms with van der Waals surface area (Å²) in [4.78, 5) is 26.0. The monoisotopic (exact) mass is 802 g/mol. The molecule has 3 atom stereocenters. The van der Waals surface area contributed by atoms with Crippen LogP contribution in [0.25, 0.3) is 0 Å². The number of esters is 1. The zero-order valence-electron chi connectivity index (χ0n) is 38.0. The first-order valence-electron chi connectivity index (χ1n) is 24.7. The Morgan fingerprint density at radius 3 is 1.42 bits per heavy atom. The summed E-state index contributed by atoms with van der Waals surface area (Å²) >= 11 is 0. The quantitative estimate of drug-likeness (QED) is 0.0324. The molecule has 0 aromatic rings. The molecule has 0 fully saturated rings. The number of aliphatic hydroxyl groups is 2. The lowest BCUT2D eigenvalue weighted by Crippen LogP contribution is -2.46. The minimum atomic E-state index is -0.793. The molecule has 0 aliphatic heterocycles. The highest BCUT2D eigenvalue weighted by Crippen LogP contribution is 2.17. The van der Waals surface area contributed by atoms with Crippen LogP contribution in [0.2, 0.25) is 0 Å². The maximum absolute atomic E-state index is 13.1. The third-order valence-corrected chi connectivity index (χ3v) is 11.2. The van der Waals surface area contributed by atoms with Gasteiger partial charge in [-0.1, -0.05) is 218 Å². The van der Waals surface area contributed by atoms with Gasteiger partial charge >= 0.3 is 5.97 Å². The highest BCUT2D eigenvalue weighted by Gasteiger charge is 2.24. The highest BCUT2D eigenvalue weighted by atomic mass is 16.5. The lowest BCUT2D eigenvalue weighted by atomic mass is 10.0. The second kappa shape index (κ2) is 45.2. The molecule has 1 amide bonds. The van der Waals surface area contributed by atoms with E-state index >= 15 is 0 Å². The Hall–Kier alpha value is -1.92. The molecule has 3 unspecified atom stereocenters. The summed E-state index contributed by atoms with van der Waals surface area (Å²) < 4.78 is 5.90. The Morgan fingerprint density at radius 2 is 0.947 bits per heavy atom. The van der Waals surface area contributed by atoms with Gasteiger partial charge in [-0.05, 0) is 57.8 Å². The molecule has 0 radical (unpaired) electrons. The summed E-state index contributed by atoms with van der Waals surface area (Å²) in [7, 11) is 0. The van der Waals surface area contributed by atoms with Crippen molar-refractivity contribution < 1.29 is 24.5 Å². The molecule has 57 heavy (non-hydrogen) atoms. The number of ether oxygens (including phenoxy) is 1. The number of aliphatic hydroxyl groups excluding tert-OH is 2. The Labute approximate surface area is 353 Å². The summed E-state index contributed by atoms with van der Waals surface area (Å²) in [6.07, 6.45) is 52.1. The fraction of sp³-hybridized carbons (Fsp3) is 0.843. The van der Waals surface area contributed by atoms with Crippen molar-refractivity contribution in [2.24, 2.45) is 0 Å². The molecule has 3 N–H and O–H groups in total. The lowest BCUT2D eigenvalue weighted by molar-refractivity contribution is -0.151. The van der Waals surface area contributed by atoms with Crippen LogP contribution in [0, 0.1) is 0 Å². The maximum atomic E-state index is 13.1. The van der Waals surface area contributed by atoms with Gasteiger partial charge in [-0.3, -0.25) is 9.59 Å². The van der Waals surface area contributed by atoms with E-state index in [2.05, 4.69) is 62.5 Å². The van der Waals surface area contributed by atoms with E-state index in [0.717, 1.165) is 77.0 Å². The Morgan fingerprint density at radius 1 is 0.526 bits per heavy atom. The molecular weight excluding hydrogens is 707 g/mol. The molecule has 6 nitrogen and oxygen atoms in total. The standard InChI is InChI=1S/C51H95NO5/c1-4-7-10-13-16-19-22-24-25-26-27-29-32-35-38-41-44-51(56)57-47(42-39-36-33-30-28-23-20-17-14-11-8-5-2)45-50(55)52-48(46-53)49(54)43-40-37-34-31-21-18-15-12-9-6-3/h8,11,17,20,28,30,47-49,53-54H,4-7,9-10,12-16,18-19,21-27,29,31-46H2,1-3H3,(H,52,55)/b11-8+,20-17+,30-28+. The minimum absolute atomic E-state index is 0.0548. The smallest absolute Gasteiger partial charge is 0.306 e. The largest absolute Gasteiger partial charge is 0.462 e. The van der Waals surface area contributed by atoms with Crippen LogP contribution in [0.3, 0.4) is 0 Å². The molecule has 0 saturated heterocycles. The van der Waals surface area contributed by atoms with Crippen molar-refractivity contribution in [3.63, 3.8) is 0 Å². The van der Waals surface area contributed by atoms with Crippen LogP contribution >= 0.6 is 0 Å². The number of carbonyl (C=O) groups is 2. The van der Waals surface area contributed by atoms with Gasteiger partial charge in [0, 0.05) is 6.42 Å². The van der Waals surface area contributed by atoms with Gasteiger partial charge in [0.15, 0.2) is 0 Å². The molecule has 6 heteroatoms. The number of rotatable bonds is 44. The van der Waals surface area contributed by atoms with Crippen LogP contribution in [0.15, 0.2) is 36.5 Å². The molecule has 0 rings (SSSR count). The fourth-order valence-electron chi connectivity index (χ4n) is 7.50. The molecule has 0 aromatic carbocycles. The van der Waals surface area contributed by atoms with Crippen LogP contribution < -0.4 is 5.32 Å². The van der Waals surface area contributed by atoms with Crippen LogP contribution in [0.5, 0.6) is 0 Å². The first-order chi connectivity index (χ1) is 28.0. The van der Waals surface area contributed by atoms with Gasteiger partial charge in [0.2, 0.25) is 5.91 Å². The molecule has 0 heterocycles. The van der Waals surface area contributed by atoms with Crippen molar-refractivity contribution in [3.8, 4) is 0 Å². The number of allylic oxidation sites excluding steroid dienone is 6. The summed E-state index contributed by atoms with van der Waals surface area (Å²) in [5, 5.41) is 23.6. The Balaban J connectivity index is 4.57. The van der Waals surface area contributed by atoms with Crippen molar-refractivity contribution >= 4 is 11.9 Å². The average Bonchev–Trinajstić information content (AvgIpc) is 3.20. The van der Waals surface area contributed by atoms with Crippen molar-refractivity contribution in [3.05, 3.63) is 36.5 Å². The average molecular weight is 802 g/mol. The van der Waals surface area contributed by atoms with Gasteiger partial charge in [0.1, 0.15) is 6.10 Å². The molecule has 0 spiro atoms. The lowest BCUT2D eigenvalue weighted by Gasteiger charge is -2.24. The molecule has 334 valence electrons. The number of hydrogen-bond donors (Lipinski definition) is 3. The van der Waals surface area contributed by atoms with E-state index in [1.165, 1.54) is 128 Å². The van der Waals surface area contributed by atoms with Crippen LogP contribution in [-0.2, 0) is 14.3 Å². The molecule has 0 saturated carbocycles. The third kappa shape index (κ3) is 40.6. The van der Waals surface area contributed by atoms with Gasteiger partial charge in [-0.2, -0.15) is 0 Å². The van der Waals surface area contributed by atoms with Crippen LogP contribution in [-0.4, -0.2) is 46.9 Å². The number of unbranched alkanes of at least 4 members (excludes halogenated alkanes) is 26. The minimum Gasteiger partial charge on any atom is -0.462 e. The zero-order chi connectivity index (χ0) is 41.7. The van der Waals surface area contributed by atoms with Crippen LogP contribution in [0.1, 0.15) is 252 Å². The summed E-state index contributed by atoms with van der Waals surface area (Å²) in [5.41, 5.74) is 0. The highest BCUT2D eigenvalue weighted by molar-refractivity contribution is 5.77. The Kier molecular flexibility index (Phi) is 43.6. The number of nitrogens with one attached hydrogen (secondary N) is 1. The van der Waals surface area contributed by atoms with Gasteiger partial charge < -0.3 is 20.3 Å². The van der Waals surface area contributed by atoms with Gasteiger partial charge in [0.05, 0.1) is 25.2 Å². The fourth-order valence-corrected chi connectivity index (χ4v) is 7.50. The molecule has 0 aliphatic carbocycles. The zero-order valence-corrected chi connectivity index (χ0v) is 38.0. The van der Waals surface area contributed by atoms with E-state index in [1.807, 2.05) is 0 Å². The van der Waals surface area contributed by atoms with Gasteiger partial charge in [-0.15, -0.1) is 0 Å². The predicted octanol–water partition coefficient (Wildman–Crippen LogP) is 14.5. The van der Waals surface area contributed by atoms with Gasteiger partial charge in [0.25, 0.3) is 0 Å². The van der Waals surface area contributed by atoms with E-state index < -0.39 is 18.2 Å². The van der Waals surface area contributed by atoms with E-state index in [-0.39, 0.29) is 24.9 Å². The third-order valence-electron chi connectivity index (χ3n) is 11.2. The first-order valence-corrected chi connectivity index (χ1v) is 24.7. The SMILES string of the molecule is CC/C=C/C/C=C/C/C=C/CCCCC(CC(=O)NC(CO)C(O)CCCCCCCCCCCC)OC(=O)CCCCCCCCCCCCCCCCCC. The van der Waals surface area contributed by atoms with E-state index in [4.69, 9.17) is 4.74 Å². The maximum Gasteiger partial charge on any atom is 0.306 e. The Bertz CT molecular complexity index is 946. The van der Waals surface area contributed by atoms with E-state index in [1.54, 1.807) is 0 Å². The predicted molar refractivity (Wildman–Crippen MR) is 246 cm³/mol. The second-order valence-corrected chi connectivity index (χ2v) is 16.8. The summed E-state index contributed by atoms with van der Waals surface area (Å²) in [5.74, 6) is -0.504. The summed E-state index contributed by atoms with van der Waals surface area (Å²) in [6, 6.07) is -0.709. The number of carbonyl (C=O) groups excluding carboxylic acids is 2. The van der Waals surface area contributed by atoms with Crippen molar-refractivity contribution in [1.29, 1.82) is 0 Å². The van der Waals surface area contributed by atoms with E-state index in [0.29, 0.717) is 19.3 Å². The van der Waals surface area contributed by atoms with Crippen LogP contribution in [0.4, 0.5) is 0 Å². The molecular formula is C51H95NO5. The number of amides is 1. The topological polar surface area (TPSA) is 95.9 Å². The summed E-state index contributed by atoms with van der Waals surface area (Å²) in [6.45, 7) is 6.35. The normalized spacial score (nSPS) is 13.6. The molecule has 0 aliphatic rings. The van der Waals surface area contributed by atoms with Crippen molar-refractivity contribution in [1.82, 2.24) is 5.32 Å². The van der Waals surface area contributed by atoms with Crippen molar-refractivity contribution in [2.45, 2.75) is 270 Å². The molecule has 0 aromatic heterocycles. The molecule has 0 bridgehead atoms.